The molecule has 0 fully saturated rings. The van der Waals surface area contributed by atoms with Crippen molar-refractivity contribution in [3.63, 3.8) is 0 Å². The van der Waals surface area contributed by atoms with Gasteiger partial charge in [0.15, 0.2) is 6.10 Å². The Balaban J connectivity index is 1.95. The van der Waals surface area contributed by atoms with E-state index in [1.54, 1.807) is 26.0 Å². The van der Waals surface area contributed by atoms with E-state index >= 15 is 0 Å². The Morgan fingerprint density at radius 3 is 2.33 bits per heavy atom. The molecule has 4 N–H and O–H groups in total. The van der Waals surface area contributed by atoms with Gasteiger partial charge in [0.2, 0.25) is 0 Å². The first-order valence-electron chi connectivity index (χ1n) is 8.34. The molecule has 0 aliphatic rings. The van der Waals surface area contributed by atoms with Gasteiger partial charge in [0.25, 0.3) is 11.8 Å². The number of fused-ring (bicyclic) bond motifs is 1. The van der Waals surface area contributed by atoms with Gasteiger partial charge < -0.3 is 15.8 Å². The molecular formula is C19H21N3O5. The minimum absolute atomic E-state index is 0.385. The van der Waals surface area contributed by atoms with Crippen molar-refractivity contribution >= 4 is 34.6 Å². The predicted molar refractivity (Wildman–Crippen MR) is 98.7 cm³/mol. The lowest BCUT2D eigenvalue weighted by atomic mass is 10.1. The monoisotopic (exact) mass is 371 g/mol. The van der Waals surface area contributed by atoms with Crippen LogP contribution in [0.1, 0.15) is 24.2 Å². The molecule has 0 saturated heterocycles. The molecular weight excluding hydrogens is 350 g/mol. The van der Waals surface area contributed by atoms with Crippen LogP contribution in [-0.2, 0) is 14.3 Å². The van der Waals surface area contributed by atoms with Gasteiger partial charge >= 0.3 is 12.0 Å². The molecule has 0 heterocycles. The van der Waals surface area contributed by atoms with Gasteiger partial charge in [-0.2, -0.15) is 0 Å². The smallest absolute Gasteiger partial charge is 0.326 e. The predicted octanol–water partition coefficient (Wildman–Crippen LogP) is 1.33. The number of ether oxygens (including phenoxy) is 1. The first-order chi connectivity index (χ1) is 12.8. The van der Waals surface area contributed by atoms with Crippen LogP contribution in [0.15, 0.2) is 42.5 Å². The van der Waals surface area contributed by atoms with E-state index in [1.807, 2.05) is 35.6 Å². The average Bonchev–Trinajstić information content (AvgIpc) is 2.62. The molecule has 0 spiro atoms. The summed E-state index contributed by atoms with van der Waals surface area (Å²) in [7, 11) is 0. The summed E-state index contributed by atoms with van der Waals surface area (Å²) >= 11 is 0. The summed E-state index contributed by atoms with van der Waals surface area (Å²) < 4.78 is 5.06. The number of imide groups is 1. The lowest BCUT2D eigenvalue weighted by molar-refractivity contribution is -0.157. The summed E-state index contributed by atoms with van der Waals surface area (Å²) in [4.78, 5) is 46.8. The average molecular weight is 371 g/mol. The van der Waals surface area contributed by atoms with Gasteiger partial charge in [-0.1, -0.05) is 44.2 Å². The van der Waals surface area contributed by atoms with Crippen LogP contribution in [-0.4, -0.2) is 36.5 Å². The summed E-state index contributed by atoms with van der Waals surface area (Å²) in [5.41, 5.74) is 5.29. The zero-order valence-corrected chi connectivity index (χ0v) is 15.0. The number of urea groups is 1. The fourth-order valence-electron chi connectivity index (χ4n) is 2.45. The molecule has 2 aromatic rings. The largest absolute Gasteiger partial charge is 0.451 e. The van der Waals surface area contributed by atoms with E-state index in [0.717, 1.165) is 10.8 Å². The van der Waals surface area contributed by atoms with E-state index in [2.05, 4.69) is 5.32 Å². The molecule has 8 heteroatoms. The number of carbonyl (C=O) groups excluding carboxylic acids is 4. The highest BCUT2D eigenvalue weighted by atomic mass is 16.5. The van der Waals surface area contributed by atoms with Gasteiger partial charge in [0.1, 0.15) is 6.54 Å². The minimum atomic E-state index is -1.19. The van der Waals surface area contributed by atoms with E-state index < -0.39 is 36.5 Å². The second kappa shape index (κ2) is 8.79. The third-order valence-electron chi connectivity index (χ3n) is 3.77. The molecule has 0 saturated carbocycles. The molecule has 2 aromatic carbocycles. The number of nitrogens with one attached hydrogen (secondary N) is 2. The second-order valence-electron chi connectivity index (χ2n) is 6.25. The van der Waals surface area contributed by atoms with Crippen LogP contribution in [0.25, 0.3) is 10.8 Å². The number of hydrogen-bond donors (Lipinski definition) is 3. The van der Waals surface area contributed by atoms with Gasteiger partial charge in [0, 0.05) is 5.56 Å². The van der Waals surface area contributed by atoms with Crippen molar-refractivity contribution in [3.05, 3.63) is 48.0 Å². The Morgan fingerprint density at radius 2 is 1.70 bits per heavy atom. The van der Waals surface area contributed by atoms with Crippen LogP contribution in [0.3, 0.4) is 0 Å². The minimum Gasteiger partial charge on any atom is -0.451 e. The summed E-state index contributed by atoms with van der Waals surface area (Å²) in [6.45, 7) is 2.87. The SMILES string of the molecule is CC(C)[C@@H](OC(=O)CNC(=O)c1ccc2ccccc2c1)C(=O)NC(N)=O. The number of hydrogen-bond acceptors (Lipinski definition) is 5. The van der Waals surface area contributed by atoms with Gasteiger partial charge in [-0.3, -0.25) is 19.7 Å². The Labute approximate surface area is 156 Å². The summed E-state index contributed by atoms with van der Waals surface area (Å²) in [6.07, 6.45) is -1.19. The number of benzene rings is 2. The lowest BCUT2D eigenvalue weighted by Gasteiger charge is -2.19. The highest BCUT2D eigenvalue weighted by Gasteiger charge is 2.27. The molecule has 0 radical (unpaired) electrons. The van der Waals surface area contributed by atoms with Crippen molar-refractivity contribution < 1.29 is 23.9 Å². The zero-order chi connectivity index (χ0) is 20.0. The number of primary amides is 1. The van der Waals surface area contributed by atoms with Crippen molar-refractivity contribution in [3.8, 4) is 0 Å². The maximum Gasteiger partial charge on any atom is 0.326 e. The summed E-state index contributed by atoms with van der Waals surface area (Å²) in [6, 6.07) is 11.7. The van der Waals surface area contributed by atoms with E-state index in [0.29, 0.717) is 5.56 Å². The molecule has 27 heavy (non-hydrogen) atoms. The van der Waals surface area contributed by atoms with Crippen molar-refractivity contribution in [1.29, 1.82) is 0 Å². The van der Waals surface area contributed by atoms with Crippen LogP contribution in [0, 0.1) is 5.92 Å². The number of esters is 1. The highest BCUT2D eigenvalue weighted by molar-refractivity contribution is 6.00. The van der Waals surface area contributed by atoms with E-state index in [9.17, 15) is 19.2 Å². The Kier molecular flexibility index (Phi) is 6.48. The van der Waals surface area contributed by atoms with E-state index in [4.69, 9.17) is 10.5 Å². The second-order valence-corrected chi connectivity index (χ2v) is 6.25. The van der Waals surface area contributed by atoms with Crippen molar-refractivity contribution in [1.82, 2.24) is 10.6 Å². The molecule has 0 aromatic heterocycles. The van der Waals surface area contributed by atoms with Gasteiger partial charge in [0.05, 0.1) is 0 Å². The standard InChI is InChI=1S/C19H21N3O5/c1-11(2)16(18(25)22-19(20)26)27-15(23)10-21-17(24)14-8-7-12-5-3-4-6-13(12)9-14/h3-9,11,16H,10H2,1-2H3,(H,21,24)(H3,20,22,25,26)/t16-/m1/s1. The quantitative estimate of drug-likeness (QED) is 0.660. The van der Waals surface area contributed by atoms with Crippen molar-refractivity contribution in [2.24, 2.45) is 11.7 Å². The normalized spacial score (nSPS) is 11.7. The maximum atomic E-state index is 12.2. The van der Waals surface area contributed by atoms with E-state index in [-0.39, 0.29) is 5.92 Å². The molecule has 4 amide bonds. The van der Waals surface area contributed by atoms with Crippen LogP contribution in [0.4, 0.5) is 4.79 Å². The fourth-order valence-corrected chi connectivity index (χ4v) is 2.45. The first kappa shape index (κ1) is 19.9. The maximum absolute atomic E-state index is 12.2. The summed E-state index contributed by atoms with van der Waals surface area (Å²) in [5.74, 6) is -2.45. The topological polar surface area (TPSA) is 128 Å². The third kappa shape index (κ3) is 5.53. The molecule has 0 bridgehead atoms. The number of amides is 4. The first-order valence-corrected chi connectivity index (χ1v) is 8.34. The molecule has 0 aliphatic heterocycles. The molecule has 0 unspecified atom stereocenters. The summed E-state index contributed by atoms with van der Waals surface area (Å²) in [5, 5.41) is 6.22. The number of carbonyl (C=O) groups is 4. The van der Waals surface area contributed by atoms with Crippen molar-refractivity contribution in [2.75, 3.05) is 6.54 Å². The van der Waals surface area contributed by atoms with Gasteiger partial charge in [-0.15, -0.1) is 0 Å². The van der Waals surface area contributed by atoms with Crippen LogP contribution in [0.2, 0.25) is 0 Å². The number of nitrogens with two attached hydrogens (primary N) is 1. The molecule has 1 atom stereocenters. The lowest BCUT2D eigenvalue weighted by Crippen LogP contribution is -2.46. The molecule has 142 valence electrons. The molecule has 8 nitrogen and oxygen atoms in total. The zero-order valence-electron chi connectivity index (χ0n) is 15.0. The van der Waals surface area contributed by atoms with Crippen LogP contribution >= 0.6 is 0 Å². The third-order valence-corrected chi connectivity index (χ3v) is 3.77. The number of rotatable bonds is 6. The van der Waals surface area contributed by atoms with E-state index in [1.165, 1.54) is 0 Å². The highest BCUT2D eigenvalue weighted by Crippen LogP contribution is 2.15. The Bertz CT molecular complexity index is 879. The fraction of sp³-hybridized carbons (Fsp3) is 0.263. The van der Waals surface area contributed by atoms with Crippen LogP contribution in [0.5, 0.6) is 0 Å². The molecule has 0 aliphatic carbocycles. The Morgan fingerprint density at radius 1 is 1.04 bits per heavy atom. The Hall–Kier alpha value is -3.42. The molecule has 2 rings (SSSR count). The van der Waals surface area contributed by atoms with Crippen LogP contribution < -0.4 is 16.4 Å². The van der Waals surface area contributed by atoms with Crippen molar-refractivity contribution in [2.45, 2.75) is 20.0 Å². The van der Waals surface area contributed by atoms with Gasteiger partial charge in [-0.25, -0.2) is 4.79 Å². The van der Waals surface area contributed by atoms with Gasteiger partial charge in [-0.05, 0) is 28.8 Å².